The first-order valence-corrected chi connectivity index (χ1v) is 5.32. The quantitative estimate of drug-likeness (QED) is 0.792. The summed E-state index contributed by atoms with van der Waals surface area (Å²) in [7, 11) is 0. The van der Waals surface area contributed by atoms with Crippen molar-refractivity contribution >= 4 is 17.2 Å². The fourth-order valence-electron chi connectivity index (χ4n) is 1.01. The van der Waals surface area contributed by atoms with Crippen molar-refractivity contribution in [3.8, 4) is 0 Å². The van der Waals surface area contributed by atoms with E-state index in [0.29, 0.717) is 0 Å². The molecule has 0 radical (unpaired) electrons. The van der Waals surface area contributed by atoms with E-state index < -0.39 is 0 Å². The summed E-state index contributed by atoms with van der Waals surface area (Å²) in [6.07, 6.45) is 0.981. The standard InChI is InChI=1S/C10H15NOS/c1-4-5-11-10(12)9-6-7(2)8(3)13-9/h6H,4-5H2,1-3H3,(H,11,12). The smallest absolute Gasteiger partial charge is 0.261 e. The van der Waals surface area contributed by atoms with Gasteiger partial charge in [0.1, 0.15) is 0 Å². The average molecular weight is 197 g/mol. The first-order valence-electron chi connectivity index (χ1n) is 4.50. The zero-order valence-corrected chi connectivity index (χ0v) is 9.12. The van der Waals surface area contributed by atoms with Crippen molar-refractivity contribution in [1.82, 2.24) is 5.32 Å². The van der Waals surface area contributed by atoms with Crippen LogP contribution in [0, 0.1) is 13.8 Å². The molecule has 1 heterocycles. The van der Waals surface area contributed by atoms with Gasteiger partial charge >= 0.3 is 0 Å². The largest absolute Gasteiger partial charge is 0.351 e. The minimum Gasteiger partial charge on any atom is -0.351 e. The van der Waals surface area contributed by atoms with Crippen LogP contribution in [0.4, 0.5) is 0 Å². The van der Waals surface area contributed by atoms with Gasteiger partial charge in [0.2, 0.25) is 0 Å². The Morgan fingerprint density at radius 3 is 2.69 bits per heavy atom. The van der Waals surface area contributed by atoms with Crippen molar-refractivity contribution in [3.63, 3.8) is 0 Å². The number of hydrogen-bond acceptors (Lipinski definition) is 2. The van der Waals surface area contributed by atoms with E-state index in [1.54, 1.807) is 11.3 Å². The van der Waals surface area contributed by atoms with E-state index in [-0.39, 0.29) is 5.91 Å². The topological polar surface area (TPSA) is 29.1 Å². The molecule has 1 N–H and O–H groups in total. The van der Waals surface area contributed by atoms with Gasteiger partial charge in [-0.05, 0) is 31.9 Å². The molecule has 0 unspecified atom stereocenters. The Balaban J connectivity index is 2.66. The lowest BCUT2D eigenvalue weighted by Crippen LogP contribution is -2.22. The number of amides is 1. The zero-order chi connectivity index (χ0) is 9.84. The lowest BCUT2D eigenvalue weighted by Gasteiger charge is -1.98. The van der Waals surface area contributed by atoms with Crippen LogP contribution >= 0.6 is 11.3 Å². The van der Waals surface area contributed by atoms with Crippen LogP contribution in [0.2, 0.25) is 0 Å². The molecule has 0 saturated heterocycles. The third-order valence-corrected chi connectivity index (χ3v) is 3.08. The molecule has 0 atom stereocenters. The molecule has 0 aliphatic rings. The molecule has 1 rings (SSSR count). The molecule has 0 saturated carbocycles. The Morgan fingerprint density at radius 2 is 2.23 bits per heavy atom. The number of hydrogen-bond donors (Lipinski definition) is 1. The number of aryl methyl sites for hydroxylation is 2. The first-order chi connectivity index (χ1) is 6.15. The Bertz CT molecular complexity index is 284. The summed E-state index contributed by atoms with van der Waals surface area (Å²) in [5.74, 6) is 0.0584. The Labute approximate surface area is 83.0 Å². The molecule has 0 aliphatic heterocycles. The van der Waals surface area contributed by atoms with Gasteiger partial charge in [-0.3, -0.25) is 4.79 Å². The maximum Gasteiger partial charge on any atom is 0.261 e. The van der Waals surface area contributed by atoms with Crippen molar-refractivity contribution in [2.24, 2.45) is 0 Å². The summed E-state index contributed by atoms with van der Waals surface area (Å²) in [4.78, 5) is 13.5. The number of carbonyl (C=O) groups is 1. The molecule has 0 fully saturated rings. The van der Waals surface area contributed by atoms with Gasteiger partial charge in [0, 0.05) is 11.4 Å². The number of carbonyl (C=O) groups excluding carboxylic acids is 1. The van der Waals surface area contributed by atoms with Crippen molar-refractivity contribution in [2.45, 2.75) is 27.2 Å². The van der Waals surface area contributed by atoms with E-state index in [9.17, 15) is 4.79 Å². The van der Waals surface area contributed by atoms with Crippen LogP contribution in [-0.4, -0.2) is 12.5 Å². The van der Waals surface area contributed by atoms with Gasteiger partial charge in [0.15, 0.2) is 0 Å². The van der Waals surface area contributed by atoms with Crippen molar-refractivity contribution in [2.75, 3.05) is 6.54 Å². The molecule has 3 heteroatoms. The second-order valence-corrected chi connectivity index (χ2v) is 4.36. The number of thiophene rings is 1. The Morgan fingerprint density at radius 1 is 1.54 bits per heavy atom. The summed E-state index contributed by atoms with van der Waals surface area (Å²) < 4.78 is 0. The van der Waals surface area contributed by atoms with Crippen molar-refractivity contribution < 1.29 is 4.79 Å². The predicted molar refractivity (Wildman–Crippen MR) is 56.4 cm³/mol. The van der Waals surface area contributed by atoms with Crippen LogP contribution in [0.3, 0.4) is 0 Å². The monoisotopic (exact) mass is 197 g/mol. The molecule has 1 amide bonds. The van der Waals surface area contributed by atoms with E-state index in [1.165, 1.54) is 10.4 Å². The van der Waals surface area contributed by atoms with Crippen LogP contribution in [0.1, 0.15) is 33.5 Å². The molecule has 1 aromatic rings. The van der Waals surface area contributed by atoms with Crippen molar-refractivity contribution in [1.29, 1.82) is 0 Å². The maximum atomic E-state index is 11.5. The number of rotatable bonds is 3. The fraction of sp³-hybridized carbons (Fsp3) is 0.500. The Kier molecular flexibility index (Phi) is 3.48. The molecule has 0 aromatic carbocycles. The van der Waals surface area contributed by atoms with Gasteiger partial charge in [-0.25, -0.2) is 0 Å². The highest BCUT2D eigenvalue weighted by Crippen LogP contribution is 2.20. The summed E-state index contributed by atoms with van der Waals surface area (Å²) >= 11 is 1.56. The molecule has 0 bridgehead atoms. The highest BCUT2D eigenvalue weighted by atomic mass is 32.1. The van der Waals surface area contributed by atoms with E-state index >= 15 is 0 Å². The third-order valence-electron chi connectivity index (χ3n) is 1.93. The van der Waals surface area contributed by atoms with E-state index in [0.717, 1.165) is 17.8 Å². The average Bonchev–Trinajstić information content (AvgIpc) is 2.43. The highest BCUT2D eigenvalue weighted by Gasteiger charge is 2.08. The molecule has 2 nitrogen and oxygen atoms in total. The van der Waals surface area contributed by atoms with Gasteiger partial charge in [-0.15, -0.1) is 11.3 Å². The molecule has 72 valence electrons. The van der Waals surface area contributed by atoms with E-state index in [1.807, 2.05) is 26.8 Å². The maximum absolute atomic E-state index is 11.5. The number of nitrogens with one attached hydrogen (secondary N) is 1. The molecular formula is C10H15NOS. The van der Waals surface area contributed by atoms with Gasteiger partial charge in [-0.1, -0.05) is 6.92 Å². The minimum atomic E-state index is 0.0584. The minimum absolute atomic E-state index is 0.0584. The second-order valence-electron chi connectivity index (χ2n) is 3.11. The van der Waals surface area contributed by atoms with Gasteiger partial charge in [0.05, 0.1) is 4.88 Å². The van der Waals surface area contributed by atoms with Gasteiger partial charge in [0.25, 0.3) is 5.91 Å². The molecular weight excluding hydrogens is 182 g/mol. The molecule has 13 heavy (non-hydrogen) atoms. The molecule has 0 spiro atoms. The predicted octanol–water partition coefficient (Wildman–Crippen LogP) is 2.50. The Hall–Kier alpha value is -0.830. The van der Waals surface area contributed by atoms with Crippen LogP contribution < -0.4 is 5.32 Å². The van der Waals surface area contributed by atoms with Crippen molar-refractivity contribution in [3.05, 3.63) is 21.4 Å². The molecule has 1 aromatic heterocycles. The SMILES string of the molecule is CCCNC(=O)c1cc(C)c(C)s1. The lowest BCUT2D eigenvalue weighted by atomic mass is 10.3. The third kappa shape index (κ3) is 2.56. The first kappa shape index (κ1) is 10.3. The lowest BCUT2D eigenvalue weighted by molar-refractivity contribution is 0.0957. The van der Waals surface area contributed by atoms with Crippen LogP contribution in [0.5, 0.6) is 0 Å². The summed E-state index contributed by atoms with van der Waals surface area (Å²) in [6.45, 7) is 6.87. The van der Waals surface area contributed by atoms with Gasteiger partial charge in [-0.2, -0.15) is 0 Å². The van der Waals surface area contributed by atoms with Gasteiger partial charge < -0.3 is 5.32 Å². The zero-order valence-electron chi connectivity index (χ0n) is 8.31. The fourth-order valence-corrected chi connectivity index (χ4v) is 1.96. The van der Waals surface area contributed by atoms with Crippen LogP contribution in [-0.2, 0) is 0 Å². The van der Waals surface area contributed by atoms with Crippen LogP contribution in [0.15, 0.2) is 6.07 Å². The molecule has 0 aliphatic carbocycles. The van der Waals surface area contributed by atoms with E-state index in [4.69, 9.17) is 0 Å². The van der Waals surface area contributed by atoms with Crippen LogP contribution in [0.25, 0.3) is 0 Å². The summed E-state index contributed by atoms with van der Waals surface area (Å²) in [5, 5.41) is 2.86. The summed E-state index contributed by atoms with van der Waals surface area (Å²) in [5.41, 5.74) is 1.20. The van der Waals surface area contributed by atoms with E-state index in [2.05, 4.69) is 5.32 Å². The summed E-state index contributed by atoms with van der Waals surface area (Å²) in [6, 6.07) is 1.95. The second kappa shape index (κ2) is 4.42. The highest BCUT2D eigenvalue weighted by molar-refractivity contribution is 7.14. The normalized spacial score (nSPS) is 10.1.